The smallest absolute Gasteiger partial charge is 0.255 e. The van der Waals surface area contributed by atoms with Crippen LogP contribution >= 0.6 is 11.6 Å². The molecule has 1 aromatic carbocycles. The highest BCUT2D eigenvalue weighted by atomic mass is 35.5. The van der Waals surface area contributed by atoms with Gasteiger partial charge in [-0.1, -0.05) is 11.6 Å². The Hall–Kier alpha value is -1.78. The third kappa shape index (κ3) is 3.60. The third-order valence-electron chi connectivity index (χ3n) is 5.23. The van der Waals surface area contributed by atoms with Crippen LogP contribution in [-0.2, 0) is 0 Å². The van der Waals surface area contributed by atoms with E-state index in [0.717, 1.165) is 48.6 Å². The van der Waals surface area contributed by atoms with Crippen molar-refractivity contribution in [1.29, 1.82) is 0 Å². The SMILES string of the molecule is Cc1cc(C(=O)N2CCCC(C(C)N)C2)c(C)n1-c1ccc(Cl)cc1. The second kappa shape index (κ2) is 7.22. The van der Waals surface area contributed by atoms with Gasteiger partial charge in [0.2, 0.25) is 0 Å². The number of aryl methyl sites for hydroxylation is 1. The molecular formula is C20H26ClN3O. The number of hydrogen-bond donors (Lipinski definition) is 1. The molecule has 2 aromatic rings. The molecule has 1 amide bonds. The van der Waals surface area contributed by atoms with Crippen molar-refractivity contribution in [3.05, 3.63) is 52.3 Å². The molecule has 0 spiro atoms. The second-order valence-corrected chi connectivity index (χ2v) is 7.55. The molecule has 0 aliphatic carbocycles. The Morgan fingerprint density at radius 2 is 1.96 bits per heavy atom. The van der Waals surface area contributed by atoms with Gasteiger partial charge in [0.15, 0.2) is 0 Å². The van der Waals surface area contributed by atoms with Gasteiger partial charge in [-0.2, -0.15) is 0 Å². The Morgan fingerprint density at radius 3 is 2.60 bits per heavy atom. The largest absolute Gasteiger partial charge is 0.338 e. The molecule has 1 aromatic heterocycles. The van der Waals surface area contributed by atoms with Crippen molar-refractivity contribution in [3.8, 4) is 5.69 Å². The van der Waals surface area contributed by atoms with E-state index in [1.165, 1.54) is 0 Å². The second-order valence-electron chi connectivity index (χ2n) is 7.11. The average molecular weight is 360 g/mol. The number of halogens is 1. The lowest BCUT2D eigenvalue weighted by molar-refractivity contribution is 0.0660. The number of amides is 1. The first-order chi connectivity index (χ1) is 11.9. The van der Waals surface area contributed by atoms with E-state index in [1.807, 2.05) is 56.0 Å². The first-order valence-corrected chi connectivity index (χ1v) is 9.26. The van der Waals surface area contributed by atoms with Crippen LogP contribution in [0.4, 0.5) is 0 Å². The van der Waals surface area contributed by atoms with E-state index in [9.17, 15) is 4.79 Å². The summed E-state index contributed by atoms with van der Waals surface area (Å²) >= 11 is 5.99. The standard InChI is InChI=1S/C20H26ClN3O/c1-13-11-19(15(3)24(13)18-8-6-17(21)7-9-18)20(25)23-10-4-5-16(12-23)14(2)22/h6-9,11,14,16H,4-5,10,12,22H2,1-3H3. The van der Waals surface area contributed by atoms with E-state index in [2.05, 4.69) is 4.57 Å². The zero-order valence-electron chi connectivity index (χ0n) is 15.1. The monoisotopic (exact) mass is 359 g/mol. The van der Waals surface area contributed by atoms with Crippen LogP contribution in [0.15, 0.2) is 30.3 Å². The summed E-state index contributed by atoms with van der Waals surface area (Å²) in [5, 5.41) is 0.706. The van der Waals surface area contributed by atoms with Gasteiger partial charge in [-0.05, 0) is 69.9 Å². The van der Waals surface area contributed by atoms with Gasteiger partial charge in [0, 0.05) is 41.2 Å². The Labute approximate surface area is 154 Å². The number of piperidine rings is 1. The molecule has 1 fully saturated rings. The number of likely N-dealkylation sites (tertiary alicyclic amines) is 1. The van der Waals surface area contributed by atoms with Crippen LogP contribution in [0.1, 0.15) is 41.5 Å². The minimum absolute atomic E-state index is 0.110. The topological polar surface area (TPSA) is 51.3 Å². The zero-order valence-corrected chi connectivity index (χ0v) is 15.9. The normalized spacial score (nSPS) is 19.1. The van der Waals surface area contributed by atoms with E-state index >= 15 is 0 Å². The van der Waals surface area contributed by atoms with Gasteiger partial charge < -0.3 is 15.2 Å². The summed E-state index contributed by atoms with van der Waals surface area (Å²) in [6.45, 7) is 7.63. The van der Waals surface area contributed by atoms with Crippen LogP contribution in [0.25, 0.3) is 5.69 Å². The maximum absolute atomic E-state index is 13.1. The summed E-state index contributed by atoms with van der Waals surface area (Å²) in [7, 11) is 0. The lowest BCUT2D eigenvalue weighted by Gasteiger charge is -2.34. The summed E-state index contributed by atoms with van der Waals surface area (Å²) in [4.78, 5) is 15.1. The lowest BCUT2D eigenvalue weighted by Crippen LogP contribution is -2.45. The molecule has 1 saturated heterocycles. The molecule has 2 atom stereocenters. The molecule has 2 N–H and O–H groups in total. The fourth-order valence-electron chi connectivity index (χ4n) is 3.76. The van der Waals surface area contributed by atoms with Gasteiger partial charge >= 0.3 is 0 Å². The van der Waals surface area contributed by atoms with Crippen LogP contribution in [0.2, 0.25) is 5.02 Å². The van der Waals surface area contributed by atoms with Crippen molar-refractivity contribution >= 4 is 17.5 Å². The number of carbonyl (C=O) groups is 1. The molecule has 2 heterocycles. The summed E-state index contributed by atoms with van der Waals surface area (Å²) in [5.41, 5.74) is 9.87. The number of rotatable bonds is 3. The molecule has 2 unspecified atom stereocenters. The molecule has 3 rings (SSSR count). The molecule has 5 heteroatoms. The first kappa shape index (κ1) is 18.0. The summed E-state index contributed by atoms with van der Waals surface area (Å²) < 4.78 is 2.11. The Morgan fingerprint density at radius 1 is 1.28 bits per heavy atom. The molecule has 0 saturated carbocycles. The van der Waals surface area contributed by atoms with Crippen molar-refractivity contribution < 1.29 is 4.79 Å². The van der Waals surface area contributed by atoms with Crippen LogP contribution in [-0.4, -0.2) is 34.5 Å². The van der Waals surface area contributed by atoms with Crippen molar-refractivity contribution in [2.24, 2.45) is 11.7 Å². The molecule has 25 heavy (non-hydrogen) atoms. The van der Waals surface area contributed by atoms with Gasteiger partial charge in [0.25, 0.3) is 5.91 Å². The van der Waals surface area contributed by atoms with Crippen molar-refractivity contribution in [1.82, 2.24) is 9.47 Å². The molecule has 4 nitrogen and oxygen atoms in total. The van der Waals surface area contributed by atoms with Crippen molar-refractivity contribution in [2.75, 3.05) is 13.1 Å². The Bertz CT molecular complexity index is 764. The molecule has 1 aliphatic rings. The lowest BCUT2D eigenvalue weighted by atomic mass is 9.92. The predicted octanol–water partition coefficient (Wildman–Crippen LogP) is 3.95. The van der Waals surface area contributed by atoms with Gasteiger partial charge in [-0.3, -0.25) is 4.79 Å². The highest BCUT2D eigenvalue weighted by Crippen LogP contribution is 2.26. The maximum atomic E-state index is 13.1. The highest BCUT2D eigenvalue weighted by molar-refractivity contribution is 6.30. The zero-order chi connectivity index (χ0) is 18.1. The fraction of sp³-hybridized carbons (Fsp3) is 0.450. The minimum atomic E-state index is 0.110. The van der Waals surface area contributed by atoms with Gasteiger partial charge in [0.1, 0.15) is 0 Å². The van der Waals surface area contributed by atoms with E-state index in [1.54, 1.807) is 0 Å². The number of carbonyl (C=O) groups excluding carboxylic acids is 1. The quantitative estimate of drug-likeness (QED) is 0.902. The molecule has 0 radical (unpaired) electrons. The van der Waals surface area contributed by atoms with E-state index < -0.39 is 0 Å². The summed E-state index contributed by atoms with van der Waals surface area (Å²) in [5.74, 6) is 0.496. The van der Waals surface area contributed by atoms with Crippen LogP contribution in [0.5, 0.6) is 0 Å². The number of benzene rings is 1. The summed E-state index contributed by atoms with van der Waals surface area (Å²) in [6, 6.07) is 9.80. The van der Waals surface area contributed by atoms with Gasteiger partial charge in [-0.25, -0.2) is 0 Å². The number of nitrogens with zero attached hydrogens (tertiary/aromatic N) is 2. The van der Waals surface area contributed by atoms with E-state index in [-0.39, 0.29) is 11.9 Å². The predicted molar refractivity (Wildman–Crippen MR) is 103 cm³/mol. The first-order valence-electron chi connectivity index (χ1n) is 8.88. The number of aromatic nitrogens is 1. The average Bonchev–Trinajstić information content (AvgIpc) is 2.90. The Balaban J connectivity index is 1.89. The van der Waals surface area contributed by atoms with E-state index in [4.69, 9.17) is 17.3 Å². The summed E-state index contributed by atoms with van der Waals surface area (Å²) in [6.07, 6.45) is 2.12. The fourth-order valence-corrected chi connectivity index (χ4v) is 3.89. The van der Waals surface area contributed by atoms with E-state index in [0.29, 0.717) is 10.9 Å². The van der Waals surface area contributed by atoms with Gasteiger partial charge in [-0.15, -0.1) is 0 Å². The Kier molecular flexibility index (Phi) is 5.21. The van der Waals surface area contributed by atoms with Crippen LogP contribution in [0.3, 0.4) is 0 Å². The molecule has 134 valence electrons. The van der Waals surface area contributed by atoms with Crippen LogP contribution in [0, 0.1) is 19.8 Å². The minimum Gasteiger partial charge on any atom is -0.338 e. The highest BCUT2D eigenvalue weighted by Gasteiger charge is 2.28. The number of hydrogen-bond acceptors (Lipinski definition) is 2. The molecule has 1 aliphatic heterocycles. The van der Waals surface area contributed by atoms with Crippen molar-refractivity contribution in [2.45, 2.75) is 39.7 Å². The van der Waals surface area contributed by atoms with Crippen LogP contribution < -0.4 is 5.73 Å². The molecular weight excluding hydrogens is 334 g/mol. The number of nitrogens with two attached hydrogens (primary N) is 1. The molecule has 0 bridgehead atoms. The maximum Gasteiger partial charge on any atom is 0.255 e. The van der Waals surface area contributed by atoms with Crippen molar-refractivity contribution in [3.63, 3.8) is 0 Å². The third-order valence-corrected chi connectivity index (χ3v) is 5.49. The van der Waals surface area contributed by atoms with Gasteiger partial charge in [0.05, 0.1) is 5.56 Å².